The first kappa shape index (κ1) is 15.2. The van der Waals surface area contributed by atoms with Crippen LogP contribution in [0.3, 0.4) is 0 Å². The van der Waals surface area contributed by atoms with Crippen molar-refractivity contribution in [3.63, 3.8) is 0 Å². The van der Waals surface area contributed by atoms with Crippen LogP contribution in [0.25, 0.3) is 0 Å². The number of carboxylic acids is 1. The summed E-state index contributed by atoms with van der Waals surface area (Å²) in [4.78, 5) is 23.9. The molecule has 0 heterocycles. The number of carbonyl (C=O) groups is 2. The van der Waals surface area contributed by atoms with E-state index in [9.17, 15) is 19.1 Å². The Labute approximate surface area is 122 Å². The number of allylic oxidation sites excluding steroid dienone is 2. The molecule has 1 aliphatic rings. The van der Waals surface area contributed by atoms with Crippen molar-refractivity contribution < 1.29 is 23.8 Å². The van der Waals surface area contributed by atoms with Crippen LogP contribution in [0.1, 0.15) is 31.2 Å². The molecule has 0 saturated heterocycles. The Hall–Kier alpha value is -2.17. The number of carboxylic acid groups (broad SMARTS) is 1. The highest BCUT2D eigenvalue weighted by Crippen LogP contribution is 2.47. The van der Waals surface area contributed by atoms with Gasteiger partial charge in [-0.1, -0.05) is 23.8 Å². The largest absolute Gasteiger partial charge is 0.549 e. The molecule has 0 radical (unpaired) electrons. The summed E-state index contributed by atoms with van der Waals surface area (Å²) in [6.45, 7) is 1.87. The van der Waals surface area contributed by atoms with Gasteiger partial charge in [0.2, 0.25) is 0 Å². The number of aliphatic carboxylic acids is 1. The van der Waals surface area contributed by atoms with Crippen LogP contribution >= 0.6 is 0 Å². The Morgan fingerprint density at radius 2 is 1.95 bits per heavy atom. The van der Waals surface area contributed by atoms with Crippen LogP contribution in [0, 0.1) is 11.2 Å². The average molecular weight is 291 g/mol. The van der Waals surface area contributed by atoms with E-state index in [2.05, 4.69) is 0 Å². The Bertz CT molecular complexity index is 591. The van der Waals surface area contributed by atoms with Crippen molar-refractivity contribution >= 4 is 11.9 Å². The molecule has 1 aromatic carbocycles. The maximum Gasteiger partial charge on any atom is 0.318 e. The quantitative estimate of drug-likeness (QED) is 0.481. The van der Waals surface area contributed by atoms with E-state index in [4.69, 9.17) is 4.74 Å². The van der Waals surface area contributed by atoms with Crippen LogP contribution < -0.4 is 5.11 Å². The van der Waals surface area contributed by atoms with Crippen LogP contribution in [0.15, 0.2) is 35.9 Å². The van der Waals surface area contributed by atoms with Gasteiger partial charge in [0.15, 0.2) is 0 Å². The molecule has 21 heavy (non-hydrogen) atoms. The second kappa shape index (κ2) is 5.68. The molecule has 2 rings (SSSR count). The lowest BCUT2D eigenvalue weighted by Gasteiger charge is -2.41. The van der Waals surface area contributed by atoms with Gasteiger partial charge in [-0.05, 0) is 37.5 Å². The summed E-state index contributed by atoms with van der Waals surface area (Å²) in [6, 6.07) is 5.50. The highest BCUT2D eigenvalue weighted by atomic mass is 19.1. The van der Waals surface area contributed by atoms with E-state index in [1.54, 1.807) is 6.08 Å². The second-order valence-electron chi connectivity index (χ2n) is 5.31. The molecule has 0 aromatic heterocycles. The van der Waals surface area contributed by atoms with Crippen LogP contribution in [0.2, 0.25) is 0 Å². The van der Waals surface area contributed by atoms with Gasteiger partial charge in [-0.3, -0.25) is 4.79 Å². The summed E-state index contributed by atoms with van der Waals surface area (Å²) in [5.74, 6) is -3.35. The Balaban J connectivity index is 2.56. The van der Waals surface area contributed by atoms with E-state index < -0.39 is 29.1 Å². The summed E-state index contributed by atoms with van der Waals surface area (Å²) in [5.41, 5.74) is -0.213. The highest BCUT2D eigenvalue weighted by Gasteiger charge is 2.49. The lowest BCUT2D eigenvalue weighted by atomic mass is 9.64. The normalized spacial score (nSPS) is 25.1. The van der Waals surface area contributed by atoms with Gasteiger partial charge in [0.1, 0.15) is 11.2 Å². The van der Waals surface area contributed by atoms with E-state index in [-0.39, 0.29) is 6.42 Å². The van der Waals surface area contributed by atoms with Gasteiger partial charge in [-0.25, -0.2) is 4.39 Å². The topological polar surface area (TPSA) is 66.4 Å². The van der Waals surface area contributed by atoms with Gasteiger partial charge in [0, 0.05) is 5.92 Å². The van der Waals surface area contributed by atoms with Gasteiger partial charge in [0.25, 0.3) is 0 Å². The first-order valence-electron chi connectivity index (χ1n) is 6.62. The molecule has 0 bridgehead atoms. The summed E-state index contributed by atoms with van der Waals surface area (Å²) in [7, 11) is 1.15. The van der Waals surface area contributed by atoms with Crippen molar-refractivity contribution in [2.45, 2.75) is 25.7 Å². The predicted molar refractivity (Wildman–Crippen MR) is 71.6 cm³/mol. The minimum absolute atomic E-state index is 0.00980. The summed E-state index contributed by atoms with van der Waals surface area (Å²) in [6.07, 6.45) is 2.11. The molecule has 1 aliphatic carbocycles. The molecule has 5 heteroatoms. The molecule has 2 atom stereocenters. The fraction of sp³-hybridized carbons (Fsp3) is 0.375. The molecule has 112 valence electrons. The molecule has 0 N–H and O–H groups in total. The van der Waals surface area contributed by atoms with E-state index >= 15 is 0 Å². The van der Waals surface area contributed by atoms with Crippen LogP contribution in [-0.4, -0.2) is 19.0 Å². The van der Waals surface area contributed by atoms with Crippen molar-refractivity contribution in [1.82, 2.24) is 0 Å². The number of benzene rings is 1. The molecule has 0 unspecified atom stereocenters. The number of rotatable bonds is 3. The Kier molecular flexibility index (Phi) is 4.11. The maximum absolute atomic E-state index is 13.1. The van der Waals surface area contributed by atoms with Crippen LogP contribution in [0.4, 0.5) is 4.39 Å². The maximum atomic E-state index is 13.1. The molecular weight excluding hydrogens is 275 g/mol. The van der Waals surface area contributed by atoms with Crippen LogP contribution in [-0.2, 0) is 14.3 Å². The number of carbonyl (C=O) groups excluding carboxylic acids is 2. The number of esters is 1. The van der Waals surface area contributed by atoms with E-state index in [0.29, 0.717) is 12.0 Å². The molecule has 0 amide bonds. The summed E-state index contributed by atoms with van der Waals surface area (Å²) < 4.78 is 17.8. The third-order valence-corrected chi connectivity index (χ3v) is 4.08. The standard InChI is InChI=1S/C16H17FO4/c1-10-7-8-16(14(18)19,15(20)21-2)13(9-10)11-3-5-12(17)6-4-11/h3-7,13H,8-9H2,1-2H3,(H,18,19)/p-1/t13-,16-/m0/s1. The number of hydrogen-bond acceptors (Lipinski definition) is 4. The lowest BCUT2D eigenvalue weighted by molar-refractivity contribution is -0.319. The second-order valence-corrected chi connectivity index (χ2v) is 5.31. The van der Waals surface area contributed by atoms with Gasteiger partial charge in [0.05, 0.1) is 13.1 Å². The molecule has 0 fully saturated rings. The average Bonchev–Trinajstić information content (AvgIpc) is 2.47. The summed E-state index contributed by atoms with van der Waals surface area (Å²) >= 11 is 0. The number of methoxy groups -OCH3 is 1. The van der Waals surface area contributed by atoms with Gasteiger partial charge >= 0.3 is 5.97 Å². The first-order chi connectivity index (χ1) is 9.91. The highest BCUT2D eigenvalue weighted by molar-refractivity contribution is 6.00. The lowest BCUT2D eigenvalue weighted by Crippen LogP contribution is -2.53. The summed E-state index contributed by atoms with van der Waals surface area (Å²) in [5, 5.41) is 11.7. The number of ether oxygens (including phenoxy) is 1. The molecule has 0 spiro atoms. The van der Waals surface area contributed by atoms with Crippen LogP contribution in [0.5, 0.6) is 0 Å². The zero-order chi connectivity index (χ0) is 15.6. The molecular formula is C16H16FO4-. The minimum atomic E-state index is -1.77. The monoisotopic (exact) mass is 291 g/mol. The van der Waals surface area contributed by atoms with E-state index in [1.165, 1.54) is 24.3 Å². The van der Waals surface area contributed by atoms with Gasteiger partial charge in [-0.15, -0.1) is 0 Å². The fourth-order valence-corrected chi connectivity index (χ4v) is 2.87. The third-order valence-electron chi connectivity index (χ3n) is 4.08. The zero-order valence-corrected chi connectivity index (χ0v) is 11.9. The smallest absolute Gasteiger partial charge is 0.318 e. The third kappa shape index (κ3) is 2.55. The minimum Gasteiger partial charge on any atom is -0.549 e. The number of halogens is 1. The number of hydrogen-bond donors (Lipinski definition) is 0. The zero-order valence-electron chi connectivity index (χ0n) is 11.9. The van der Waals surface area contributed by atoms with Crippen molar-refractivity contribution in [3.05, 3.63) is 47.3 Å². The predicted octanol–water partition coefficient (Wildman–Crippen LogP) is 1.56. The molecule has 4 nitrogen and oxygen atoms in total. The van der Waals surface area contributed by atoms with E-state index in [1.807, 2.05) is 6.92 Å². The van der Waals surface area contributed by atoms with Gasteiger partial charge in [-0.2, -0.15) is 0 Å². The first-order valence-corrected chi connectivity index (χ1v) is 6.62. The van der Waals surface area contributed by atoms with Crippen molar-refractivity contribution in [2.24, 2.45) is 5.41 Å². The molecule has 0 aliphatic heterocycles. The fourth-order valence-electron chi connectivity index (χ4n) is 2.87. The Morgan fingerprint density at radius 3 is 2.48 bits per heavy atom. The molecule has 1 aromatic rings. The van der Waals surface area contributed by atoms with Gasteiger partial charge < -0.3 is 14.6 Å². The van der Waals surface area contributed by atoms with Crippen molar-refractivity contribution in [1.29, 1.82) is 0 Å². The van der Waals surface area contributed by atoms with Crippen molar-refractivity contribution in [3.8, 4) is 0 Å². The SMILES string of the molecule is COC(=O)[C@@]1(C(=O)[O-])CC=C(C)C[C@H]1c1ccc(F)cc1. The van der Waals surface area contributed by atoms with E-state index in [0.717, 1.165) is 12.7 Å². The molecule has 0 saturated carbocycles. The Morgan fingerprint density at radius 1 is 1.33 bits per heavy atom. The van der Waals surface area contributed by atoms with Crippen molar-refractivity contribution in [2.75, 3.05) is 7.11 Å².